The van der Waals surface area contributed by atoms with Crippen molar-refractivity contribution in [1.29, 1.82) is 0 Å². The first-order valence-corrected chi connectivity index (χ1v) is 6.99. The van der Waals surface area contributed by atoms with Gasteiger partial charge in [0.2, 0.25) is 0 Å². The number of carbonyl (C=O) groups is 1. The fourth-order valence-electron chi connectivity index (χ4n) is 1.84. The summed E-state index contributed by atoms with van der Waals surface area (Å²) in [6, 6.07) is 10.3. The number of nitrogens with one attached hydrogen (secondary N) is 1. The number of nitro groups is 1. The molecular formula is C15H11ClN3O5-. The average molecular weight is 349 g/mol. The Hall–Kier alpha value is -2.97. The van der Waals surface area contributed by atoms with Crippen LogP contribution in [0.4, 0.5) is 5.69 Å². The van der Waals surface area contributed by atoms with Crippen molar-refractivity contribution in [2.24, 2.45) is 5.10 Å². The molecule has 0 aliphatic rings. The molecule has 124 valence electrons. The zero-order valence-electron chi connectivity index (χ0n) is 12.0. The van der Waals surface area contributed by atoms with E-state index in [4.69, 9.17) is 11.6 Å². The molecule has 2 aromatic carbocycles. The van der Waals surface area contributed by atoms with Gasteiger partial charge in [0.25, 0.3) is 11.6 Å². The van der Waals surface area contributed by atoms with Crippen LogP contribution in [0, 0.1) is 10.1 Å². The van der Waals surface area contributed by atoms with Crippen molar-refractivity contribution in [2.75, 3.05) is 0 Å². The zero-order valence-corrected chi connectivity index (χ0v) is 12.8. The number of aliphatic hydroxyl groups is 1. The lowest BCUT2D eigenvalue weighted by Crippen LogP contribution is -2.25. The highest BCUT2D eigenvalue weighted by molar-refractivity contribution is 6.31. The minimum absolute atomic E-state index is 0.0154. The molecule has 0 aromatic heterocycles. The van der Waals surface area contributed by atoms with Gasteiger partial charge in [-0.3, -0.25) is 14.9 Å². The lowest BCUT2D eigenvalue weighted by molar-refractivity contribution is -0.398. The number of hydrazone groups is 1. The summed E-state index contributed by atoms with van der Waals surface area (Å²) in [5, 5.41) is 35.9. The Morgan fingerprint density at radius 3 is 2.62 bits per heavy atom. The van der Waals surface area contributed by atoms with Crippen molar-refractivity contribution in [3.8, 4) is 5.75 Å². The first-order chi connectivity index (χ1) is 11.4. The highest BCUT2D eigenvalue weighted by Crippen LogP contribution is 2.29. The van der Waals surface area contributed by atoms with Crippen LogP contribution in [-0.4, -0.2) is 22.2 Å². The largest absolute Gasteiger partial charge is 0.867 e. The lowest BCUT2D eigenvalue weighted by Gasteiger charge is -2.11. The van der Waals surface area contributed by atoms with E-state index in [2.05, 4.69) is 10.5 Å². The summed E-state index contributed by atoms with van der Waals surface area (Å²) in [7, 11) is 0. The van der Waals surface area contributed by atoms with Crippen LogP contribution in [0.5, 0.6) is 5.75 Å². The van der Waals surface area contributed by atoms with Crippen molar-refractivity contribution < 1.29 is 19.9 Å². The van der Waals surface area contributed by atoms with E-state index >= 15 is 0 Å². The van der Waals surface area contributed by atoms with Gasteiger partial charge < -0.3 is 10.2 Å². The SMILES string of the molecule is O=C(N/N=C\c1cc(Cl)cc([N+](=O)[O-])c1[O-])[C@@H](O)c1ccccc1. The van der Waals surface area contributed by atoms with E-state index in [0.29, 0.717) is 5.56 Å². The van der Waals surface area contributed by atoms with E-state index in [0.717, 1.165) is 12.3 Å². The molecule has 8 nitrogen and oxygen atoms in total. The van der Waals surface area contributed by atoms with Gasteiger partial charge in [-0.05, 0) is 22.9 Å². The molecule has 0 saturated heterocycles. The summed E-state index contributed by atoms with van der Waals surface area (Å²) in [5.74, 6) is -1.70. The van der Waals surface area contributed by atoms with Crippen molar-refractivity contribution in [1.82, 2.24) is 5.43 Å². The Kier molecular flexibility index (Phi) is 5.46. The second-order valence-corrected chi connectivity index (χ2v) is 5.08. The normalized spacial score (nSPS) is 12.1. The monoisotopic (exact) mass is 348 g/mol. The van der Waals surface area contributed by atoms with E-state index < -0.39 is 28.4 Å². The minimum atomic E-state index is -1.44. The van der Waals surface area contributed by atoms with Crippen LogP contribution in [-0.2, 0) is 4.79 Å². The van der Waals surface area contributed by atoms with Gasteiger partial charge in [-0.2, -0.15) is 5.10 Å². The van der Waals surface area contributed by atoms with E-state index in [9.17, 15) is 25.1 Å². The van der Waals surface area contributed by atoms with E-state index in [1.807, 2.05) is 0 Å². The molecule has 2 rings (SSSR count). The number of halogens is 1. The molecule has 9 heteroatoms. The minimum Gasteiger partial charge on any atom is -0.867 e. The van der Waals surface area contributed by atoms with E-state index in [-0.39, 0.29) is 10.6 Å². The topological polar surface area (TPSA) is 128 Å². The Morgan fingerprint density at radius 1 is 1.33 bits per heavy atom. The van der Waals surface area contributed by atoms with Gasteiger partial charge >= 0.3 is 0 Å². The molecule has 1 amide bonds. The van der Waals surface area contributed by atoms with Crippen LogP contribution in [0.1, 0.15) is 17.2 Å². The van der Waals surface area contributed by atoms with Crippen LogP contribution >= 0.6 is 11.6 Å². The molecule has 0 unspecified atom stereocenters. The van der Waals surface area contributed by atoms with Crippen molar-refractivity contribution in [2.45, 2.75) is 6.10 Å². The second kappa shape index (κ2) is 7.53. The second-order valence-electron chi connectivity index (χ2n) is 4.65. The molecule has 0 saturated carbocycles. The molecule has 2 N–H and O–H groups in total. The summed E-state index contributed by atoms with van der Waals surface area (Å²) in [5.41, 5.74) is 1.56. The Balaban J connectivity index is 2.12. The summed E-state index contributed by atoms with van der Waals surface area (Å²) >= 11 is 5.71. The molecule has 2 aromatic rings. The lowest BCUT2D eigenvalue weighted by atomic mass is 10.1. The van der Waals surface area contributed by atoms with Gasteiger partial charge in [0, 0.05) is 11.1 Å². The molecule has 24 heavy (non-hydrogen) atoms. The maximum Gasteiger partial charge on any atom is 0.273 e. The quantitative estimate of drug-likeness (QED) is 0.480. The van der Waals surface area contributed by atoms with Gasteiger partial charge in [-0.25, -0.2) is 5.43 Å². The van der Waals surface area contributed by atoms with Gasteiger partial charge in [-0.15, -0.1) is 0 Å². The van der Waals surface area contributed by atoms with Gasteiger partial charge in [0.15, 0.2) is 6.10 Å². The van der Waals surface area contributed by atoms with Gasteiger partial charge in [0.1, 0.15) is 0 Å². The highest BCUT2D eigenvalue weighted by Gasteiger charge is 2.16. The number of nitro benzene ring substituents is 1. The van der Waals surface area contributed by atoms with Crippen molar-refractivity contribution in [3.05, 3.63) is 68.7 Å². The summed E-state index contributed by atoms with van der Waals surface area (Å²) in [6.45, 7) is 0. The molecule has 0 aliphatic carbocycles. The van der Waals surface area contributed by atoms with Crippen LogP contribution in [0.25, 0.3) is 0 Å². The van der Waals surface area contributed by atoms with Crippen LogP contribution in [0.3, 0.4) is 0 Å². The van der Waals surface area contributed by atoms with E-state index in [1.54, 1.807) is 30.3 Å². The third kappa shape index (κ3) is 4.06. The van der Waals surface area contributed by atoms with Crippen LogP contribution in [0.2, 0.25) is 5.02 Å². The molecule has 0 radical (unpaired) electrons. The Labute approximate surface area is 141 Å². The zero-order chi connectivity index (χ0) is 17.7. The standard InChI is InChI=1S/C15H12ClN3O5/c16-11-6-10(13(20)12(7-11)19(23)24)8-17-18-15(22)14(21)9-4-2-1-3-5-9/h1-8,14,20-21H,(H,18,22)/p-1/b17-8-/t14-/m0/s1. The third-order valence-corrected chi connectivity index (χ3v) is 3.22. The number of hydrogen-bond donors (Lipinski definition) is 2. The average Bonchev–Trinajstić information content (AvgIpc) is 2.57. The first kappa shape index (κ1) is 17.4. The number of carbonyl (C=O) groups excluding carboxylic acids is 1. The van der Waals surface area contributed by atoms with Crippen LogP contribution in [0.15, 0.2) is 47.6 Å². The number of nitrogens with zero attached hydrogens (tertiary/aromatic N) is 2. The number of hydrogen-bond acceptors (Lipinski definition) is 6. The number of benzene rings is 2. The predicted molar refractivity (Wildman–Crippen MR) is 84.7 cm³/mol. The predicted octanol–water partition coefficient (Wildman–Crippen LogP) is 1.51. The Morgan fingerprint density at radius 2 is 2.00 bits per heavy atom. The molecule has 0 spiro atoms. The summed E-state index contributed by atoms with van der Waals surface area (Å²) in [6.07, 6.45) is -0.514. The fourth-order valence-corrected chi connectivity index (χ4v) is 2.07. The van der Waals surface area contributed by atoms with E-state index in [1.165, 1.54) is 6.07 Å². The third-order valence-electron chi connectivity index (χ3n) is 3.00. The number of aliphatic hydroxyl groups excluding tert-OH is 1. The van der Waals surface area contributed by atoms with Gasteiger partial charge in [-0.1, -0.05) is 41.9 Å². The Bertz CT molecular complexity index is 795. The number of rotatable bonds is 5. The molecule has 0 aliphatic heterocycles. The molecular weight excluding hydrogens is 338 g/mol. The maximum absolute atomic E-state index is 11.8. The molecule has 0 fully saturated rings. The number of amides is 1. The summed E-state index contributed by atoms with van der Waals surface area (Å²) < 4.78 is 0. The fraction of sp³-hybridized carbons (Fsp3) is 0.0667. The maximum atomic E-state index is 11.8. The highest BCUT2D eigenvalue weighted by atomic mass is 35.5. The molecule has 0 bridgehead atoms. The van der Waals surface area contributed by atoms with Crippen molar-refractivity contribution in [3.63, 3.8) is 0 Å². The van der Waals surface area contributed by atoms with Gasteiger partial charge in [0.05, 0.1) is 11.1 Å². The van der Waals surface area contributed by atoms with Crippen LogP contribution < -0.4 is 10.5 Å². The first-order valence-electron chi connectivity index (χ1n) is 6.61. The molecule has 0 heterocycles. The smallest absolute Gasteiger partial charge is 0.273 e. The molecule has 1 atom stereocenters. The van der Waals surface area contributed by atoms with Crippen molar-refractivity contribution >= 4 is 29.4 Å². The summed E-state index contributed by atoms with van der Waals surface area (Å²) in [4.78, 5) is 21.7.